The van der Waals surface area contributed by atoms with E-state index < -0.39 is 92.4 Å². The highest BCUT2D eigenvalue weighted by Crippen LogP contribution is 2.24. The molecular formula is C44H80N6O16. The van der Waals surface area contributed by atoms with Crippen LogP contribution in [0.1, 0.15) is 124 Å². The Morgan fingerprint density at radius 2 is 0.985 bits per heavy atom. The van der Waals surface area contributed by atoms with Gasteiger partial charge in [0.05, 0.1) is 13.2 Å². The normalized spacial score (nSPS) is 25.7. The number of carbonyl (C=O) groups excluding carboxylic acids is 6. The maximum atomic E-state index is 13.3. The van der Waals surface area contributed by atoms with Gasteiger partial charge in [-0.1, -0.05) is 33.1 Å². The number of amides is 6. The lowest BCUT2D eigenvalue weighted by Crippen LogP contribution is -2.64. The van der Waals surface area contributed by atoms with Gasteiger partial charge in [-0.15, -0.1) is 0 Å². The Bertz CT molecular complexity index is 1450. The fourth-order valence-electron chi connectivity index (χ4n) is 7.41. The Hall–Kier alpha value is -3.58. The molecule has 2 aliphatic heterocycles. The molecule has 0 aromatic heterocycles. The van der Waals surface area contributed by atoms with Gasteiger partial charge < -0.3 is 81.5 Å². The second kappa shape index (κ2) is 33.0. The summed E-state index contributed by atoms with van der Waals surface area (Å²) in [5, 5.41) is 76.8. The van der Waals surface area contributed by atoms with Crippen molar-refractivity contribution in [2.24, 2.45) is 5.92 Å². The van der Waals surface area contributed by atoms with E-state index in [1.54, 1.807) is 0 Å². The summed E-state index contributed by atoms with van der Waals surface area (Å²) in [5.41, 5.74) is 0. The second-order valence-electron chi connectivity index (χ2n) is 17.5. The first-order chi connectivity index (χ1) is 31.5. The number of unbranched alkanes of at least 4 members (excludes halogenated alkanes) is 7. The van der Waals surface area contributed by atoms with E-state index in [0.717, 1.165) is 6.42 Å². The van der Waals surface area contributed by atoms with Gasteiger partial charge in [0, 0.05) is 66.0 Å². The minimum absolute atomic E-state index is 0.000463. The topological polar surface area (TPSA) is 333 Å². The van der Waals surface area contributed by atoms with Gasteiger partial charge in [0.1, 0.15) is 54.7 Å². The lowest BCUT2D eigenvalue weighted by Gasteiger charge is -2.42. The molecule has 382 valence electrons. The first-order valence-corrected chi connectivity index (χ1v) is 23.6. The zero-order valence-corrected chi connectivity index (χ0v) is 39.3. The highest BCUT2D eigenvalue weighted by molar-refractivity contribution is 5.87. The molecule has 2 rings (SSSR count). The number of aliphatic hydroxyl groups excluding tert-OH is 6. The van der Waals surface area contributed by atoms with Crippen LogP contribution in [-0.4, -0.2) is 179 Å². The van der Waals surface area contributed by atoms with Gasteiger partial charge in [-0.25, -0.2) is 0 Å². The van der Waals surface area contributed by atoms with E-state index >= 15 is 0 Å². The quantitative estimate of drug-likeness (QED) is 0.0325. The van der Waals surface area contributed by atoms with E-state index in [4.69, 9.17) is 18.9 Å². The molecule has 2 saturated heterocycles. The van der Waals surface area contributed by atoms with Gasteiger partial charge in [0.15, 0.2) is 12.6 Å². The van der Waals surface area contributed by atoms with E-state index in [0.29, 0.717) is 103 Å². The van der Waals surface area contributed by atoms with Gasteiger partial charge >= 0.3 is 0 Å². The molecule has 2 heterocycles. The zero-order chi connectivity index (χ0) is 49.0. The Kier molecular flexibility index (Phi) is 29.3. The van der Waals surface area contributed by atoms with Crippen LogP contribution >= 0.6 is 0 Å². The predicted octanol–water partition coefficient (Wildman–Crippen LogP) is -1.75. The molecule has 2 aliphatic rings. The van der Waals surface area contributed by atoms with Gasteiger partial charge in [-0.2, -0.15) is 0 Å². The van der Waals surface area contributed by atoms with Crippen LogP contribution in [0.5, 0.6) is 0 Å². The molecule has 0 bridgehead atoms. The Morgan fingerprint density at radius 1 is 0.545 bits per heavy atom. The van der Waals surface area contributed by atoms with E-state index in [2.05, 4.69) is 31.9 Å². The Morgan fingerprint density at radius 3 is 1.45 bits per heavy atom. The largest absolute Gasteiger partial charge is 0.394 e. The molecule has 0 aliphatic carbocycles. The summed E-state index contributed by atoms with van der Waals surface area (Å²) in [5.74, 6) is -1.32. The van der Waals surface area contributed by atoms with E-state index in [1.165, 1.54) is 13.8 Å². The highest BCUT2D eigenvalue weighted by Gasteiger charge is 2.46. The second-order valence-corrected chi connectivity index (χ2v) is 17.5. The number of aliphatic hydroxyl groups is 6. The molecule has 0 aromatic rings. The summed E-state index contributed by atoms with van der Waals surface area (Å²) >= 11 is 0. The molecule has 12 N–H and O–H groups in total. The van der Waals surface area contributed by atoms with Crippen LogP contribution in [0.3, 0.4) is 0 Å². The first kappa shape index (κ1) is 58.5. The van der Waals surface area contributed by atoms with Crippen molar-refractivity contribution in [2.75, 3.05) is 46.1 Å². The van der Waals surface area contributed by atoms with Crippen LogP contribution in [0.2, 0.25) is 0 Å². The summed E-state index contributed by atoms with van der Waals surface area (Å²) < 4.78 is 22.6. The number of hydrogen-bond donors (Lipinski definition) is 12. The van der Waals surface area contributed by atoms with Crippen LogP contribution in [0.15, 0.2) is 0 Å². The highest BCUT2D eigenvalue weighted by atomic mass is 16.7. The number of hydrogen-bond acceptors (Lipinski definition) is 16. The third-order valence-electron chi connectivity index (χ3n) is 11.1. The number of nitrogens with one attached hydrogen (secondary N) is 6. The maximum absolute atomic E-state index is 13.3. The molecule has 0 aromatic carbocycles. The minimum Gasteiger partial charge on any atom is -0.394 e. The van der Waals surface area contributed by atoms with Crippen molar-refractivity contribution in [2.45, 2.75) is 191 Å². The summed E-state index contributed by atoms with van der Waals surface area (Å²) in [7, 11) is 0. The van der Waals surface area contributed by atoms with E-state index in [-0.39, 0.29) is 49.7 Å². The van der Waals surface area contributed by atoms with Crippen molar-refractivity contribution in [3.8, 4) is 0 Å². The minimum atomic E-state index is -1.42. The molecule has 0 spiro atoms. The van der Waals surface area contributed by atoms with Crippen LogP contribution in [0.4, 0.5) is 0 Å². The van der Waals surface area contributed by atoms with Crippen molar-refractivity contribution in [1.29, 1.82) is 0 Å². The Labute approximate surface area is 388 Å². The third kappa shape index (κ3) is 22.9. The first-order valence-electron chi connectivity index (χ1n) is 23.6. The monoisotopic (exact) mass is 949 g/mol. The van der Waals surface area contributed by atoms with Crippen LogP contribution in [0.25, 0.3) is 0 Å². The molecule has 66 heavy (non-hydrogen) atoms. The van der Waals surface area contributed by atoms with Crippen molar-refractivity contribution in [3.63, 3.8) is 0 Å². The smallest absolute Gasteiger partial charge is 0.242 e. The maximum Gasteiger partial charge on any atom is 0.242 e. The summed E-state index contributed by atoms with van der Waals surface area (Å²) in [6.45, 7) is 7.16. The van der Waals surface area contributed by atoms with Gasteiger partial charge in [0.2, 0.25) is 35.4 Å². The molecule has 6 amide bonds. The summed E-state index contributed by atoms with van der Waals surface area (Å²) in [6, 6.07) is -2.88. The zero-order valence-electron chi connectivity index (χ0n) is 39.3. The van der Waals surface area contributed by atoms with E-state index in [9.17, 15) is 59.4 Å². The number of carbonyl (C=O) groups is 6. The lowest BCUT2D eigenvalue weighted by molar-refractivity contribution is -0.270. The van der Waals surface area contributed by atoms with Crippen LogP contribution in [0, 0.1) is 5.92 Å². The molecule has 11 unspecified atom stereocenters. The fourth-order valence-corrected chi connectivity index (χ4v) is 7.41. The predicted molar refractivity (Wildman–Crippen MR) is 238 cm³/mol. The Balaban J connectivity index is 1.76. The molecular weight excluding hydrogens is 869 g/mol. The molecule has 0 saturated carbocycles. The molecule has 11 atom stereocenters. The average Bonchev–Trinajstić information content (AvgIpc) is 3.27. The number of rotatable bonds is 33. The van der Waals surface area contributed by atoms with Gasteiger partial charge in [0.25, 0.3) is 0 Å². The standard InChI is InChI=1S/C44H80N6O16/c1-27(2)24-47-34(56)18-8-5-12-21-46-42(62)30(50-35(57)19-10-7-15-23-64-44-37(49-29(4)54)41(61)39(59)32(26-52)66-44)16-11-13-20-45-33(55)17-9-6-14-22-63-43-36(48-28(3)53)40(60)38(58)31(25-51)65-43/h27,30-32,36-41,43-44,51-52,58-61H,5-26H2,1-4H3,(H,45,55)(H,46,62)(H,47,56)(H,48,53)(H,49,54)(H,50,57). The molecule has 2 fully saturated rings. The van der Waals surface area contributed by atoms with Gasteiger partial charge in [-0.3, -0.25) is 28.8 Å². The molecule has 22 heteroatoms. The van der Waals surface area contributed by atoms with Crippen molar-refractivity contribution in [3.05, 3.63) is 0 Å². The SMILES string of the molecule is CC(=O)NC1C(OCCCCCC(=O)NCCCCC(NC(=O)CCCCCOC2OC(CO)C(O)C(O)C2NC(C)=O)C(=O)NCCCCCC(=O)NCC(C)C)OC(CO)C(O)C1O. The van der Waals surface area contributed by atoms with Crippen molar-refractivity contribution in [1.82, 2.24) is 31.9 Å². The van der Waals surface area contributed by atoms with Crippen LogP contribution in [-0.2, 0) is 47.7 Å². The summed E-state index contributed by atoms with van der Waals surface area (Å²) in [6.07, 6.45) is -2.39. The van der Waals surface area contributed by atoms with Crippen molar-refractivity contribution >= 4 is 35.4 Å². The molecule has 0 radical (unpaired) electrons. The van der Waals surface area contributed by atoms with Crippen LogP contribution < -0.4 is 31.9 Å². The fraction of sp³-hybridized carbons (Fsp3) is 0.864. The van der Waals surface area contributed by atoms with E-state index in [1.807, 2.05) is 13.8 Å². The molecule has 22 nitrogen and oxygen atoms in total. The van der Waals surface area contributed by atoms with Crippen molar-refractivity contribution < 1.29 is 78.4 Å². The number of ether oxygens (including phenoxy) is 4. The van der Waals surface area contributed by atoms with Gasteiger partial charge in [-0.05, 0) is 63.7 Å². The average molecular weight is 949 g/mol. The third-order valence-corrected chi connectivity index (χ3v) is 11.1. The lowest BCUT2D eigenvalue weighted by atomic mass is 9.97. The summed E-state index contributed by atoms with van der Waals surface area (Å²) in [4.78, 5) is 74.1.